The minimum Gasteiger partial charge on any atom is -0.394 e. The Morgan fingerprint density at radius 1 is 1.53 bits per heavy atom. The lowest BCUT2D eigenvalue weighted by Crippen LogP contribution is -2.29. The van der Waals surface area contributed by atoms with Crippen molar-refractivity contribution in [3.05, 3.63) is 18.0 Å². The van der Waals surface area contributed by atoms with Gasteiger partial charge in [0.2, 0.25) is 5.91 Å². The molecule has 0 saturated carbocycles. The van der Waals surface area contributed by atoms with Crippen LogP contribution in [0.4, 0.5) is 0 Å². The quantitative estimate of drug-likeness (QED) is 0.480. The second kappa shape index (κ2) is 9.48. The highest BCUT2D eigenvalue weighted by molar-refractivity contribution is 5.75. The zero-order valence-corrected chi connectivity index (χ0v) is 11.3. The first kappa shape index (κ1) is 15.6. The molecule has 7 heteroatoms. The first-order chi connectivity index (χ1) is 9.26. The fraction of sp³-hybridized carbons (Fsp3) is 0.667. The van der Waals surface area contributed by atoms with Crippen LogP contribution in [-0.4, -0.2) is 54.2 Å². The fourth-order valence-corrected chi connectivity index (χ4v) is 1.54. The lowest BCUT2D eigenvalue weighted by Gasteiger charge is -2.05. The summed E-state index contributed by atoms with van der Waals surface area (Å²) in [5, 5.41) is 18.8. The number of hydrogen-bond donors (Lipinski definition) is 3. The molecule has 1 amide bonds. The van der Waals surface area contributed by atoms with E-state index in [1.165, 1.54) is 0 Å². The van der Waals surface area contributed by atoms with E-state index in [4.69, 9.17) is 9.84 Å². The Hall–Kier alpha value is -1.44. The van der Waals surface area contributed by atoms with E-state index in [-0.39, 0.29) is 12.5 Å². The monoisotopic (exact) mass is 270 g/mol. The number of methoxy groups -OCH3 is 1. The zero-order valence-electron chi connectivity index (χ0n) is 11.3. The van der Waals surface area contributed by atoms with Crippen LogP contribution < -0.4 is 10.6 Å². The van der Waals surface area contributed by atoms with Gasteiger partial charge in [0.25, 0.3) is 0 Å². The van der Waals surface area contributed by atoms with Crippen LogP contribution in [0, 0.1) is 0 Å². The molecule has 3 N–H and O–H groups in total. The average molecular weight is 270 g/mol. The average Bonchev–Trinajstić information content (AvgIpc) is 2.83. The molecule has 0 spiro atoms. The number of nitrogens with zero attached hydrogens (tertiary/aromatic N) is 2. The predicted octanol–water partition coefficient (Wildman–Crippen LogP) is -0.882. The van der Waals surface area contributed by atoms with Gasteiger partial charge in [-0.15, -0.1) is 0 Å². The van der Waals surface area contributed by atoms with Gasteiger partial charge in [-0.2, -0.15) is 5.10 Å². The van der Waals surface area contributed by atoms with Crippen molar-refractivity contribution in [1.29, 1.82) is 0 Å². The van der Waals surface area contributed by atoms with Gasteiger partial charge < -0.3 is 20.5 Å². The number of hydrogen-bond acceptors (Lipinski definition) is 5. The minimum absolute atomic E-state index is 0.0144. The third-order valence-corrected chi connectivity index (χ3v) is 2.50. The van der Waals surface area contributed by atoms with Crippen molar-refractivity contribution in [2.45, 2.75) is 19.5 Å². The molecule has 1 rings (SSSR count). The minimum atomic E-state index is 0.0144. The molecule has 19 heavy (non-hydrogen) atoms. The summed E-state index contributed by atoms with van der Waals surface area (Å²) in [5.41, 5.74) is 1.04. The summed E-state index contributed by atoms with van der Waals surface area (Å²) in [7, 11) is 1.60. The Kier molecular flexibility index (Phi) is 7.80. The number of nitrogens with one attached hydrogen (secondary N) is 2. The van der Waals surface area contributed by atoms with Gasteiger partial charge >= 0.3 is 0 Å². The molecule has 0 aliphatic heterocycles. The van der Waals surface area contributed by atoms with Crippen LogP contribution in [0.3, 0.4) is 0 Å². The van der Waals surface area contributed by atoms with Crippen LogP contribution in [0.5, 0.6) is 0 Å². The van der Waals surface area contributed by atoms with E-state index >= 15 is 0 Å². The summed E-state index contributed by atoms with van der Waals surface area (Å²) < 4.78 is 6.53. The molecular formula is C12H22N4O3. The van der Waals surface area contributed by atoms with Gasteiger partial charge in [-0.05, 0) is 0 Å². The maximum Gasteiger partial charge on any atom is 0.221 e. The smallest absolute Gasteiger partial charge is 0.221 e. The largest absolute Gasteiger partial charge is 0.394 e. The Morgan fingerprint density at radius 3 is 3.11 bits per heavy atom. The number of carbonyl (C=O) groups excluding carboxylic acids is 1. The molecule has 0 radical (unpaired) electrons. The maximum absolute atomic E-state index is 11.4. The molecule has 0 aliphatic rings. The first-order valence-corrected chi connectivity index (χ1v) is 6.35. The fourth-order valence-electron chi connectivity index (χ4n) is 1.54. The number of aliphatic hydroxyl groups is 1. The van der Waals surface area contributed by atoms with E-state index < -0.39 is 0 Å². The number of carbonyl (C=O) groups is 1. The van der Waals surface area contributed by atoms with Crippen LogP contribution in [0.25, 0.3) is 0 Å². The second-order valence-corrected chi connectivity index (χ2v) is 4.10. The highest BCUT2D eigenvalue weighted by Crippen LogP contribution is 1.96. The van der Waals surface area contributed by atoms with Gasteiger partial charge in [-0.25, -0.2) is 0 Å². The van der Waals surface area contributed by atoms with E-state index in [2.05, 4.69) is 15.7 Å². The number of amides is 1. The van der Waals surface area contributed by atoms with E-state index in [1.54, 1.807) is 18.0 Å². The maximum atomic E-state index is 11.4. The number of rotatable bonds is 10. The van der Waals surface area contributed by atoms with Gasteiger partial charge in [0, 0.05) is 44.9 Å². The molecule has 0 atom stereocenters. The van der Waals surface area contributed by atoms with Gasteiger partial charge in [0.1, 0.15) is 0 Å². The molecule has 0 saturated heterocycles. The van der Waals surface area contributed by atoms with Gasteiger partial charge in [-0.3, -0.25) is 9.48 Å². The molecule has 1 aromatic heterocycles. The van der Waals surface area contributed by atoms with Crippen molar-refractivity contribution >= 4 is 5.91 Å². The molecule has 1 aromatic rings. The topological polar surface area (TPSA) is 88.4 Å². The zero-order chi connectivity index (χ0) is 13.9. The summed E-state index contributed by atoms with van der Waals surface area (Å²) in [6.07, 6.45) is 4.07. The highest BCUT2D eigenvalue weighted by Gasteiger charge is 2.01. The van der Waals surface area contributed by atoms with Crippen LogP contribution in [0.2, 0.25) is 0 Å². The Labute approximate surface area is 112 Å². The van der Waals surface area contributed by atoms with Gasteiger partial charge in [0.15, 0.2) is 0 Å². The van der Waals surface area contributed by atoms with Crippen LogP contribution >= 0.6 is 0 Å². The predicted molar refractivity (Wildman–Crippen MR) is 70.5 cm³/mol. The van der Waals surface area contributed by atoms with Crippen molar-refractivity contribution in [2.24, 2.45) is 0 Å². The van der Waals surface area contributed by atoms with E-state index in [0.717, 1.165) is 5.56 Å². The molecule has 0 fully saturated rings. The molecular weight excluding hydrogens is 248 g/mol. The summed E-state index contributed by atoms with van der Waals surface area (Å²) in [4.78, 5) is 11.4. The van der Waals surface area contributed by atoms with Gasteiger partial charge in [0.05, 0.1) is 26.0 Å². The van der Waals surface area contributed by atoms with Crippen LogP contribution in [0.1, 0.15) is 12.0 Å². The molecule has 0 bridgehead atoms. The van der Waals surface area contributed by atoms with Crippen molar-refractivity contribution < 1.29 is 14.6 Å². The summed E-state index contributed by atoms with van der Waals surface area (Å²) in [6, 6.07) is 0. The Bertz CT molecular complexity index is 368. The number of ether oxygens (including phenoxy) is 1. The first-order valence-electron chi connectivity index (χ1n) is 6.35. The third kappa shape index (κ3) is 6.90. The summed E-state index contributed by atoms with van der Waals surface area (Å²) in [6.45, 7) is 2.94. The van der Waals surface area contributed by atoms with Crippen LogP contribution in [-0.2, 0) is 22.6 Å². The normalized spacial score (nSPS) is 10.6. The lowest BCUT2D eigenvalue weighted by molar-refractivity contribution is -0.121. The Balaban J connectivity index is 2.07. The van der Waals surface area contributed by atoms with Crippen molar-refractivity contribution in [3.8, 4) is 0 Å². The van der Waals surface area contributed by atoms with E-state index in [9.17, 15) is 4.79 Å². The van der Waals surface area contributed by atoms with Gasteiger partial charge in [-0.1, -0.05) is 0 Å². The second-order valence-electron chi connectivity index (χ2n) is 4.10. The SMILES string of the molecule is COCCNC(=O)CCNCc1cnn(CCO)c1. The molecule has 0 aromatic carbocycles. The molecule has 7 nitrogen and oxygen atoms in total. The van der Waals surface area contributed by atoms with Crippen molar-refractivity contribution in [2.75, 3.05) is 33.4 Å². The molecule has 108 valence electrons. The van der Waals surface area contributed by atoms with Crippen molar-refractivity contribution in [3.63, 3.8) is 0 Å². The number of aliphatic hydroxyl groups excluding tert-OH is 1. The molecule has 1 heterocycles. The van der Waals surface area contributed by atoms with Crippen LogP contribution in [0.15, 0.2) is 12.4 Å². The van der Waals surface area contributed by atoms with E-state index in [1.807, 2.05) is 6.20 Å². The van der Waals surface area contributed by atoms with E-state index in [0.29, 0.717) is 39.2 Å². The molecule has 0 unspecified atom stereocenters. The van der Waals surface area contributed by atoms with Crippen molar-refractivity contribution in [1.82, 2.24) is 20.4 Å². The standard InChI is InChI=1S/C12H22N4O3/c1-19-7-4-14-12(18)2-3-13-8-11-9-15-16(10-11)5-6-17/h9-10,13,17H,2-8H2,1H3,(H,14,18). The lowest BCUT2D eigenvalue weighted by atomic mass is 10.3. The third-order valence-electron chi connectivity index (χ3n) is 2.50. The Morgan fingerprint density at radius 2 is 2.37 bits per heavy atom. The highest BCUT2D eigenvalue weighted by atomic mass is 16.5. The summed E-state index contributed by atoms with van der Waals surface area (Å²) in [5.74, 6) is 0.0144. The molecule has 0 aliphatic carbocycles. The summed E-state index contributed by atoms with van der Waals surface area (Å²) >= 11 is 0. The number of aromatic nitrogens is 2.